The van der Waals surface area contributed by atoms with Gasteiger partial charge in [0.25, 0.3) is 0 Å². The van der Waals surface area contributed by atoms with Crippen molar-refractivity contribution in [1.29, 1.82) is 0 Å². The molecule has 2 aromatic rings. The van der Waals surface area contributed by atoms with Crippen molar-refractivity contribution in [2.45, 2.75) is 39.0 Å². The highest BCUT2D eigenvalue weighted by atomic mass is 16.5. The summed E-state index contributed by atoms with van der Waals surface area (Å²) >= 11 is 0. The summed E-state index contributed by atoms with van der Waals surface area (Å²) in [5.74, 6) is 6.65. The maximum atomic E-state index is 5.62. The molecular formula is C14H22N4O. The molecule has 1 aromatic heterocycles. The number of nitrogens with one attached hydrogen (secondary N) is 1. The maximum Gasteiger partial charge on any atom is 0.111 e. The first-order valence-corrected chi connectivity index (χ1v) is 6.64. The van der Waals surface area contributed by atoms with Gasteiger partial charge in [0, 0.05) is 20.1 Å². The van der Waals surface area contributed by atoms with E-state index in [1.54, 1.807) is 7.11 Å². The standard InChI is InChI=1S/C14H22N4O/c1-4-18-13-8-6-5-7-11(13)16-14(18)9-12(17-15)10(2)19-3/h5-8,10,12,17H,4,9,15H2,1-3H3. The topological polar surface area (TPSA) is 65.1 Å². The van der Waals surface area contributed by atoms with Crippen LogP contribution < -0.4 is 11.3 Å². The molecule has 0 radical (unpaired) electrons. The molecule has 0 saturated carbocycles. The third kappa shape index (κ3) is 2.78. The molecule has 2 unspecified atom stereocenters. The van der Waals surface area contributed by atoms with Gasteiger partial charge in [0.05, 0.1) is 23.2 Å². The van der Waals surface area contributed by atoms with Crippen molar-refractivity contribution in [2.75, 3.05) is 7.11 Å². The van der Waals surface area contributed by atoms with Crippen LogP contribution in [0.25, 0.3) is 11.0 Å². The number of imidazole rings is 1. The number of rotatable bonds is 6. The van der Waals surface area contributed by atoms with E-state index < -0.39 is 0 Å². The molecule has 0 spiro atoms. The number of nitrogens with zero attached hydrogens (tertiary/aromatic N) is 2. The lowest BCUT2D eigenvalue weighted by Gasteiger charge is -2.21. The summed E-state index contributed by atoms with van der Waals surface area (Å²) in [7, 11) is 1.69. The lowest BCUT2D eigenvalue weighted by molar-refractivity contribution is 0.0822. The predicted molar refractivity (Wildman–Crippen MR) is 76.7 cm³/mol. The van der Waals surface area contributed by atoms with Gasteiger partial charge in [-0.15, -0.1) is 0 Å². The highest BCUT2D eigenvalue weighted by molar-refractivity contribution is 5.75. The molecule has 2 rings (SSSR count). The molecule has 0 saturated heterocycles. The van der Waals surface area contributed by atoms with Crippen LogP contribution in [0.15, 0.2) is 24.3 Å². The molecule has 19 heavy (non-hydrogen) atoms. The average Bonchev–Trinajstić information content (AvgIpc) is 2.80. The van der Waals surface area contributed by atoms with Gasteiger partial charge in [0.15, 0.2) is 0 Å². The summed E-state index contributed by atoms with van der Waals surface area (Å²) in [4.78, 5) is 4.70. The molecule has 0 amide bonds. The Labute approximate surface area is 113 Å². The summed E-state index contributed by atoms with van der Waals surface area (Å²) in [6, 6.07) is 8.23. The van der Waals surface area contributed by atoms with Crippen LogP contribution in [-0.4, -0.2) is 28.8 Å². The Kier molecular flexibility index (Phi) is 4.52. The molecule has 1 heterocycles. The smallest absolute Gasteiger partial charge is 0.111 e. The van der Waals surface area contributed by atoms with E-state index in [2.05, 4.69) is 23.0 Å². The number of aryl methyl sites for hydroxylation is 1. The van der Waals surface area contributed by atoms with Crippen molar-refractivity contribution in [3.8, 4) is 0 Å². The zero-order valence-corrected chi connectivity index (χ0v) is 11.8. The van der Waals surface area contributed by atoms with E-state index in [9.17, 15) is 0 Å². The van der Waals surface area contributed by atoms with E-state index in [1.165, 1.54) is 5.52 Å². The summed E-state index contributed by atoms with van der Waals surface area (Å²) in [5, 5.41) is 0. The molecule has 3 N–H and O–H groups in total. The Morgan fingerprint density at radius 2 is 2.16 bits per heavy atom. The van der Waals surface area contributed by atoms with Crippen LogP contribution in [0.4, 0.5) is 0 Å². The van der Waals surface area contributed by atoms with E-state index in [4.69, 9.17) is 15.6 Å². The molecule has 5 nitrogen and oxygen atoms in total. The van der Waals surface area contributed by atoms with Gasteiger partial charge in [0.1, 0.15) is 5.82 Å². The summed E-state index contributed by atoms with van der Waals surface area (Å²) < 4.78 is 7.57. The number of benzene rings is 1. The normalized spacial score (nSPS) is 14.7. The van der Waals surface area contributed by atoms with E-state index in [1.807, 2.05) is 25.1 Å². The van der Waals surface area contributed by atoms with Gasteiger partial charge < -0.3 is 9.30 Å². The number of fused-ring (bicyclic) bond motifs is 1. The van der Waals surface area contributed by atoms with E-state index in [0.29, 0.717) is 0 Å². The first-order valence-electron chi connectivity index (χ1n) is 6.64. The van der Waals surface area contributed by atoms with Gasteiger partial charge in [-0.25, -0.2) is 4.98 Å². The second kappa shape index (κ2) is 6.14. The Hall–Kier alpha value is -1.43. The second-order valence-electron chi connectivity index (χ2n) is 4.68. The average molecular weight is 262 g/mol. The molecule has 5 heteroatoms. The van der Waals surface area contributed by atoms with Crippen LogP contribution in [0.3, 0.4) is 0 Å². The molecule has 0 fully saturated rings. The zero-order valence-electron chi connectivity index (χ0n) is 11.8. The summed E-state index contributed by atoms with van der Waals surface area (Å²) in [5.41, 5.74) is 5.01. The lowest BCUT2D eigenvalue weighted by Crippen LogP contribution is -2.45. The third-order valence-electron chi connectivity index (χ3n) is 3.60. The molecule has 0 aliphatic carbocycles. The number of aromatic nitrogens is 2. The van der Waals surface area contributed by atoms with Crippen molar-refractivity contribution in [3.63, 3.8) is 0 Å². The second-order valence-corrected chi connectivity index (χ2v) is 4.68. The molecule has 104 valence electrons. The highest BCUT2D eigenvalue weighted by Gasteiger charge is 2.19. The Balaban J connectivity index is 2.33. The van der Waals surface area contributed by atoms with Gasteiger partial charge in [-0.3, -0.25) is 11.3 Å². The molecule has 2 atom stereocenters. The quantitative estimate of drug-likeness (QED) is 0.611. The molecular weight excluding hydrogens is 240 g/mol. The predicted octanol–water partition coefficient (Wildman–Crippen LogP) is 1.47. The zero-order chi connectivity index (χ0) is 13.8. The van der Waals surface area contributed by atoms with E-state index in [0.717, 1.165) is 24.3 Å². The number of ether oxygens (including phenoxy) is 1. The lowest BCUT2D eigenvalue weighted by atomic mass is 10.1. The largest absolute Gasteiger partial charge is 0.380 e. The van der Waals surface area contributed by atoms with Crippen LogP contribution in [0.5, 0.6) is 0 Å². The number of hydrazine groups is 1. The molecule has 0 aliphatic heterocycles. The minimum Gasteiger partial charge on any atom is -0.380 e. The fourth-order valence-corrected chi connectivity index (χ4v) is 2.36. The van der Waals surface area contributed by atoms with Crippen molar-refractivity contribution in [2.24, 2.45) is 5.84 Å². The van der Waals surface area contributed by atoms with E-state index in [-0.39, 0.29) is 12.1 Å². The van der Waals surface area contributed by atoms with Crippen molar-refractivity contribution in [3.05, 3.63) is 30.1 Å². The maximum absolute atomic E-state index is 5.62. The van der Waals surface area contributed by atoms with Crippen LogP contribution in [0, 0.1) is 0 Å². The summed E-state index contributed by atoms with van der Waals surface area (Å²) in [6.07, 6.45) is 0.781. The van der Waals surface area contributed by atoms with Gasteiger partial charge >= 0.3 is 0 Å². The number of hydrogen-bond acceptors (Lipinski definition) is 4. The fourth-order valence-electron chi connectivity index (χ4n) is 2.36. The van der Waals surface area contributed by atoms with Gasteiger partial charge in [-0.2, -0.15) is 0 Å². The number of methoxy groups -OCH3 is 1. The first kappa shape index (κ1) is 14.0. The fraction of sp³-hybridized carbons (Fsp3) is 0.500. The van der Waals surface area contributed by atoms with Crippen LogP contribution >= 0.6 is 0 Å². The Morgan fingerprint density at radius 1 is 1.42 bits per heavy atom. The van der Waals surface area contributed by atoms with Crippen LogP contribution in [0.2, 0.25) is 0 Å². The van der Waals surface area contributed by atoms with Crippen molar-refractivity contribution < 1.29 is 4.74 Å². The summed E-state index contributed by atoms with van der Waals surface area (Å²) in [6.45, 7) is 5.03. The molecule has 0 aliphatic rings. The number of para-hydroxylation sites is 2. The number of nitrogens with two attached hydrogens (primary N) is 1. The first-order chi connectivity index (χ1) is 9.21. The van der Waals surface area contributed by atoms with Crippen LogP contribution in [0.1, 0.15) is 19.7 Å². The van der Waals surface area contributed by atoms with Crippen molar-refractivity contribution >= 4 is 11.0 Å². The third-order valence-corrected chi connectivity index (χ3v) is 3.60. The highest BCUT2D eigenvalue weighted by Crippen LogP contribution is 2.17. The van der Waals surface area contributed by atoms with Crippen molar-refractivity contribution in [1.82, 2.24) is 15.0 Å². The monoisotopic (exact) mass is 262 g/mol. The van der Waals surface area contributed by atoms with Gasteiger partial charge in [0.2, 0.25) is 0 Å². The van der Waals surface area contributed by atoms with Gasteiger partial charge in [-0.05, 0) is 26.0 Å². The van der Waals surface area contributed by atoms with E-state index >= 15 is 0 Å². The Morgan fingerprint density at radius 3 is 2.79 bits per heavy atom. The SMILES string of the molecule is CCn1c(CC(NN)C(C)OC)nc2ccccc21. The minimum atomic E-state index is 0.0371. The number of hydrogen-bond donors (Lipinski definition) is 2. The minimum absolute atomic E-state index is 0.0371. The van der Waals surface area contributed by atoms with Crippen LogP contribution in [-0.2, 0) is 17.7 Å². The van der Waals surface area contributed by atoms with Gasteiger partial charge in [-0.1, -0.05) is 12.1 Å². The Bertz CT molecular complexity index is 537. The molecule has 1 aromatic carbocycles. The molecule has 0 bridgehead atoms.